The van der Waals surface area contributed by atoms with Crippen molar-refractivity contribution in [2.24, 2.45) is 0 Å². The Hall–Kier alpha value is -0.540. The van der Waals surface area contributed by atoms with Gasteiger partial charge in [-0.3, -0.25) is 4.79 Å². The van der Waals surface area contributed by atoms with Gasteiger partial charge in [0.1, 0.15) is 0 Å². The van der Waals surface area contributed by atoms with E-state index in [1.165, 1.54) is 4.88 Å². The third kappa shape index (κ3) is 4.14. The molecule has 4 heteroatoms. The van der Waals surface area contributed by atoms with Crippen LogP contribution in [0.3, 0.4) is 0 Å². The van der Waals surface area contributed by atoms with Gasteiger partial charge in [0.05, 0.1) is 0 Å². The van der Waals surface area contributed by atoms with Gasteiger partial charge in [0.25, 0.3) is 0 Å². The molecular weight excluding hydrogens is 242 g/mol. The molecule has 0 aromatic carbocycles. The molecule has 0 aliphatic carbocycles. The van der Waals surface area contributed by atoms with Crippen LogP contribution >= 0.6 is 22.9 Å². The van der Waals surface area contributed by atoms with Gasteiger partial charge in [0.2, 0.25) is 5.91 Å². The van der Waals surface area contributed by atoms with Crippen LogP contribution in [0, 0.1) is 0 Å². The molecule has 0 bridgehead atoms. The molecule has 90 valence electrons. The SMILES string of the molecule is CC(Cc1cccs1)N(C)C(=O)CCCCl. The van der Waals surface area contributed by atoms with Gasteiger partial charge in [-0.2, -0.15) is 0 Å². The molecule has 0 N–H and O–H groups in total. The maximum absolute atomic E-state index is 11.7. The van der Waals surface area contributed by atoms with Crippen molar-refractivity contribution in [1.82, 2.24) is 4.90 Å². The maximum atomic E-state index is 11.7. The first kappa shape index (κ1) is 13.5. The lowest BCUT2D eigenvalue weighted by Crippen LogP contribution is -2.36. The first-order valence-corrected chi connectivity index (χ1v) is 6.90. The molecule has 1 aromatic heterocycles. The van der Waals surface area contributed by atoms with Crippen LogP contribution in [-0.2, 0) is 11.2 Å². The molecule has 0 aliphatic heterocycles. The summed E-state index contributed by atoms with van der Waals surface area (Å²) in [5.41, 5.74) is 0. The van der Waals surface area contributed by atoms with Crippen LogP contribution in [0.5, 0.6) is 0 Å². The number of hydrogen-bond donors (Lipinski definition) is 0. The van der Waals surface area contributed by atoms with E-state index in [9.17, 15) is 4.79 Å². The van der Waals surface area contributed by atoms with E-state index in [0.29, 0.717) is 12.3 Å². The number of alkyl halides is 1. The fraction of sp³-hybridized carbons (Fsp3) is 0.583. The highest BCUT2D eigenvalue weighted by Gasteiger charge is 2.15. The molecule has 2 nitrogen and oxygen atoms in total. The Kier molecular flexibility index (Phi) is 5.85. The average molecular weight is 260 g/mol. The van der Waals surface area contributed by atoms with Crippen molar-refractivity contribution in [3.05, 3.63) is 22.4 Å². The van der Waals surface area contributed by atoms with Crippen LogP contribution in [0.2, 0.25) is 0 Å². The van der Waals surface area contributed by atoms with Gasteiger partial charge in [0.15, 0.2) is 0 Å². The Balaban J connectivity index is 2.40. The summed E-state index contributed by atoms with van der Waals surface area (Å²) in [5.74, 6) is 0.739. The van der Waals surface area contributed by atoms with Crippen molar-refractivity contribution in [3.63, 3.8) is 0 Å². The van der Waals surface area contributed by atoms with E-state index in [-0.39, 0.29) is 11.9 Å². The topological polar surface area (TPSA) is 20.3 Å². The molecule has 0 aliphatic rings. The molecule has 1 unspecified atom stereocenters. The number of rotatable bonds is 6. The predicted octanol–water partition coefficient (Wildman–Crippen LogP) is 3.16. The van der Waals surface area contributed by atoms with Crippen LogP contribution in [0.4, 0.5) is 0 Å². The normalized spacial score (nSPS) is 12.4. The van der Waals surface area contributed by atoms with Crippen molar-refractivity contribution in [2.45, 2.75) is 32.2 Å². The first-order chi connectivity index (χ1) is 7.65. The summed E-state index contributed by atoms with van der Waals surface area (Å²) >= 11 is 7.32. The van der Waals surface area contributed by atoms with Crippen molar-refractivity contribution >= 4 is 28.8 Å². The minimum absolute atomic E-state index is 0.185. The van der Waals surface area contributed by atoms with Crippen LogP contribution in [0.1, 0.15) is 24.6 Å². The zero-order valence-corrected chi connectivity index (χ0v) is 11.4. The third-order valence-corrected chi connectivity index (χ3v) is 3.82. The van der Waals surface area contributed by atoms with E-state index in [0.717, 1.165) is 12.8 Å². The molecule has 1 atom stereocenters. The average Bonchev–Trinajstić information content (AvgIpc) is 2.77. The lowest BCUT2D eigenvalue weighted by molar-refractivity contribution is -0.131. The van der Waals surface area contributed by atoms with E-state index in [1.54, 1.807) is 11.3 Å². The highest BCUT2D eigenvalue weighted by molar-refractivity contribution is 7.09. The van der Waals surface area contributed by atoms with E-state index < -0.39 is 0 Å². The quantitative estimate of drug-likeness (QED) is 0.719. The summed E-state index contributed by atoms with van der Waals surface area (Å²) in [6.07, 6.45) is 2.24. The lowest BCUT2D eigenvalue weighted by atomic mass is 10.1. The highest BCUT2D eigenvalue weighted by atomic mass is 35.5. The fourth-order valence-electron chi connectivity index (χ4n) is 1.50. The van der Waals surface area contributed by atoms with Crippen molar-refractivity contribution < 1.29 is 4.79 Å². The van der Waals surface area contributed by atoms with Crippen molar-refractivity contribution in [3.8, 4) is 0 Å². The third-order valence-electron chi connectivity index (χ3n) is 2.66. The summed E-state index contributed by atoms with van der Waals surface area (Å²) in [6.45, 7) is 2.08. The van der Waals surface area contributed by atoms with E-state index in [2.05, 4.69) is 18.4 Å². The van der Waals surface area contributed by atoms with Gasteiger partial charge in [-0.05, 0) is 24.8 Å². The second-order valence-electron chi connectivity index (χ2n) is 3.93. The summed E-state index contributed by atoms with van der Waals surface area (Å²) in [7, 11) is 1.87. The van der Waals surface area contributed by atoms with Gasteiger partial charge in [0, 0.05) is 36.7 Å². The van der Waals surface area contributed by atoms with E-state index in [4.69, 9.17) is 11.6 Å². The minimum atomic E-state index is 0.185. The van der Waals surface area contributed by atoms with Crippen molar-refractivity contribution in [1.29, 1.82) is 0 Å². The first-order valence-electron chi connectivity index (χ1n) is 5.49. The molecule has 0 radical (unpaired) electrons. The fourth-order valence-corrected chi connectivity index (χ4v) is 2.46. The standard InChI is InChI=1S/C12H18ClNOS/c1-10(9-11-5-4-8-16-11)14(2)12(15)6-3-7-13/h4-5,8,10H,3,6-7,9H2,1-2H3. The Morgan fingerprint density at radius 1 is 1.62 bits per heavy atom. The maximum Gasteiger partial charge on any atom is 0.222 e. The molecule has 1 heterocycles. The van der Waals surface area contributed by atoms with Crippen LogP contribution in [0.15, 0.2) is 17.5 Å². The van der Waals surface area contributed by atoms with Crippen LogP contribution in [-0.4, -0.2) is 29.8 Å². The second-order valence-corrected chi connectivity index (χ2v) is 5.34. The Morgan fingerprint density at radius 2 is 2.38 bits per heavy atom. The number of thiophene rings is 1. The summed E-state index contributed by atoms with van der Waals surface area (Å²) < 4.78 is 0. The highest BCUT2D eigenvalue weighted by Crippen LogP contribution is 2.14. The minimum Gasteiger partial charge on any atom is -0.343 e. The Bertz CT molecular complexity index is 313. The number of halogens is 1. The molecule has 16 heavy (non-hydrogen) atoms. The number of hydrogen-bond acceptors (Lipinski definition) is 2. The van der Waals surface area contributed by atoms with E-state index >= 15 is 0 Å². The number of likely N-dealkylation sites (N-methyl/N-ethyl adjacent to an activating group) is 1. The van der Waals surface area contributed by atoms with Gasteiger partial charge < -0.3 is 4.90 Å². The van der Waals surface area contributed by atoms with Gasteiger partial charge in [-0.25, -0.2) is 0 Å². The number of nitrogens with zero attached hydrogens (tertiary/aromatic N) is 1. The molecule has 1 aromatic rings. The second kappa shape index (κ2) is 6.92. The lowest BCUT2D eigenvalue weighted by Gasteiger charge is -2.24. The number of carbonyl (C=O) groups is 1. The summed E-state index contributed by atoms with van der Waals surface area (Å²) in [5, 5.41) is 2.07. The number of carbonyl (C=O) groups excluding carboxylic acids is 1. The molecule has 0 saturated carbocycles. The van der Waals surface area contributed by atoms with Crippen molar-refractivity contribution in [2.75, 3.05) is 12.9 Å². The monoisotopic (exact) mass is 259 g/mol. The van der Waals surface area contributed by atoms with Gasteiger partial charge in [-0.1, -0.05) is 6.07 Å². The molecule has 0 fully saturated rings. The largest absolute Gasteiger partial charge is 0.343 e. The Labute approximate surface area is 106 Å². The molecular formula is C12H18ClNOS. The zero-order chi connectivity index (χ0) is 12.0. The zero-order valence-electron chi connectivity index (χ0n) is 9.78. The smallest absolute Gasteiger partial charge is 0.222 e. The van der Waals surface area contributed by atoms with Crippen LogP contribution in [0.25, 0.3) is 0 Å². The van der Waals surface area contributed by atoms with Gasteiger partial charge in [-0.15, -0.1) is 22.9 Å². The molecule has 1 rings (SSSR count). The van der Waals surface area contributed by atoms with E-state index in [1.807, 2.05) is 18.0 Å². The molecule has 0 saturated heterocycles. The predicted molar refractivity (Wildman–Crippen MR) is 70.2 cm³/mol. The Morgan fingerprint density at radius 3 is 2.94 bits per heavy atom. The summed E-state index contributed by atoms with van der Waals surface area (Å²) in [4.78, 5) is 14.9. The van der Waals surface area contributed by atoms with Gasteiger partial charge >= 0.3 is 0 Å². The van der Waals surface area contributed by atoms with Crippen LogP contribution < -0.4 is 0 Å². The summed E-state index contributed by atoms with van der Waals surface area (Å²) in [6, 6.07) is 4.40. The molecule has 1 amide bonds. The molecule has 0 spiro atoms. The number of amides is 1.